The molecular formula is C23H27BrN4O2. The maximum Gasteiger partial charge on any atom is 0.410 e. The molecule has 0 saturated carbocycles. The molecule has 0 spiro atoms. The van der Waals surface area contributed by atoms with Crippen LogP contribution in [0.25, 0.3) is 11.0 Å². The van der Waals surface area contributed by atoms with Crippen molar-refractivity contribution in [3.05, 3.63) is 58.6 Å². The van der Waals surface area contributed by atoms with E-state index in [0.717, 1.165) is 34.4 Å². The summed E-state index contributed by atoms with van der Waals surface area (Å²) in [6.07, 6.45) is 0.607. The molecule has 4 rings (SSSR count). The first kappa shape index (κ1) is 20.7. The Bertz CT molecular complexity index is 1040. The Balaban J connectivity index is 1.53. The second-order valence-electron chi connectivity index (χ2n) is 8.69. The largest absolute Gasteiger partial charge is 0.444 e. The van der Waals surface area contributed by atoms with Gasteiger partial charge in [-0.25, -0.2) is 9.78 Å². The van der Waals surface area contributed by atoms with Gasteiger partial charge < -0.3 is 19.5 Å². The number of hydrogen-bond donors (Lipinski definition) is 1. The van der Waals surface area contributed by atoms with Gasteiger partial charge in [0.1, 0.15) is 5.60 Å². The zero-order chi connectivity index (χ0) is 21.3. The lowest BCUT2D eigenvalue weighted by Crippen LogP contribution is -2.36. The van der Waals surface area contributed by atoms with Crippen molar-refractivity contribution in [3.63, 3.8) is 0 Å². The maximum absolute atomic E-state index is 12.4. The number of amides is 1. The second kappa shape index (κ2) is 8.30. The number of carbonyl (C=O) groups excluding carboxylic acids is 1. The van der Waals surface area contributed by atoms with Gasteiger partial charge in [0.2, 0.25) is 5.95 Å². The van der Waals surface area contributed by atoms with Gasteiger partial charge in [0, 0.05) is 23.6 Å². The Morgan fingerprint density at radius 3 is 2.67 bits per heavy atom. The minimum absolute atomic E-state index is 0.137. The molecule has 6 nitrogen and oxygen atoms in total. The molecule has 1 aromatic heterocycles. The Kier molecular flexibility index (Phi) is 5.73. The standard InChI is InChI=1S/C23H27BrN4O2/c1-23(2,3)30-22(29)27-13-12-18(15-27)25-21-26-19-6-4-5-7-20(19)28(21)14-16-8-10-17(24)11-9-16/h4-11,18H,12-15H2,1-3H3,(H,25,26)/t18-/m0/s1. The predicted octanol–water partition coefficient (Wildman–Crippen LogP) is 5.27. The molecule has 3 aromatic rings. The van der Waals surface area contributed by atoms with E-state index in [-0.39, 0.29) is 12.1 Å². The molecule has 0 bridgehead atoms. The van der Waals surface area contributed by atoms with E-state index in [4.69, 9.17) is 9.72 Å². The van der Waals surface area contributed by atoms with Crippen LogP contribution in [-0.4, -0.2) is 45.3 Å². The van der Waals surface area contributed by atoms with Crippen molar-refractivity contribution in [1.82, 2.24) is 14.5 Å². The lowest BCUT2D eigenvalue weighted by molar-refractivity contribution is 0.0293. The maximum atomic E-state index is 12.4. The van der Waals surface area contributed by atoms with E-state index in [1.807, 2.05) is 39.0 Å². The smallest absolute Gasteiger partial charge is 0.410 e. The van der Waals surface area contributed by atoms with E-state index >= 15 is 0 Å². The van der Waals surface area contributed by atoms with Crippen molar-refractivity contribution in [3.8, 4) is 0 Å². The number of imidazole rings is 1. The minimum Gasteiger partial charge on any atom is -0.444 e. The molecule has 1 atom stereocenters. The summed E-state index contributed by atoms with van der Waals surface area (Å²) in [5.41, 5.74) is 2.76. The van der Waals surface area contributed by atoms with Crippen LogP contribution >= 0.6 is 15.9 Å². The summed E-state index contributed by atoms with van der Waals surface area (Å²) < 4.78 is 8.78. The number of ether oxygens (including phenoxy) is 1. The van der Waals surface area contributed by atoms with Crippen LogP contribution in [0, 0.1) is 0 Å². The van der Waals surface area contributed by atoms with Crippen LogP contribution in [-0.2, 0) is 11.3 Å². The summed E-state index contributed by atoms with van der Waals surface area (Å²) >= 11 is 3.50. The fourth-order valence-electron chi connectivity index (χ4n) is 3.67. The van der Waals surface area contributed by atoms with Crippen molar-refractivity contribution in [1.29, 1.82) is 0 Å². The molecule has 7 heteroatoms. The van der Waals surface area contributed by atoms with E-state index in [9.17, 15) is 4.79 Å². The van der Waals surface area contributed by atoms with Crippen LogP contribution in [0.1, 0.15) is 32.8 Å². The number of likely N-dealkylation sites (tertiary alicyclic amines) is 1. The summed E-state index contributed by atoms with van der Waals surface area (Å²) in [6.45, 7) is 7.68. The number of halogens is 1. The van der Waals surface area contributed by atoms with Gasteiger partial charge in [-0.2, -0.15) is 0 Å². The number of fused-ring (bicyclic) bond motifs is 1. The molecule has 1 aliphatic rings. The highest BCUT2D eigenvalue weighted by Gasteiger charge is 2.30. The molecule has 1 fully saturated rings. The summed E-state index contributed by atoms with van der Waals surface area (Å²) in [5.74, 6) is 0.829. The van der Waals surface area contributed by atoms with Gasteiger partial charge in [-0.1, -0.05) is 40.2 Å². The van der Waals surface area contributed by atoms with E-state index in [1.54, 1.807) is 4.90 Å². The highest BCUT2D eigenvalue weighted by molar-refractivity contribution is 9.10. The van der Waals surface area contributed by atoms with E-state index in [2.05, 4.69) is 56.1 Å². The Labute approximate surface area is 185 Å². The average molecular weight is 471 g/mol. The van der Waals surface area contributed by atoms with Gasteiger partial charge in [-0.15, -0.1) is 0 Å². The normalized spacial score (nSPS) is 16.8. The molecule has 1 saturated heterocycles. The molecule has 2 heterocycles. The minimum atomic E-state index is -0.485. The zero-order valence-corrected chi connectivity index (χ0v) is 19.1. The fourth-order valence-corrected chi connectivity index (χ4v) is 3.94. The first-order valence-corrected chi connectivity index (χ1v) is 11.0. The molecule has 1 aliphatic heterocycles. The quantitative estimate of drug-likeness (QED) is 0.564. The average Bonchev–Trinajstić information content (AvgIpc) is 3.28. The molecule has 1 N–H and O–H groups in total. The second-order valence-corrected chi connectivity index (χ2v) is 9.61. The molecule has 0 aliphatic carbocycles. The van der Waals surface area contributed by atoms with Crippen molar-refractivity contribution >= 4 is 39.0 Å². The van der Waals surface area contributed by atoms with E-state index < -0.39 is 5.60 Å². The number of para-hydroxylation sites is 2. The van der Waals surface area contributed by atoms with Crippen LogP contribution in [0.15, 0.2) is 53.0 Å². The van der Waals surface area contributed by atoms with Crippen LogP contribution in [0.5, 0.6) is 0 Å². The molecule has 30 heavy (non-hydrogen) atoms. The number of benzene rings is 2. The number of carbonyl (C=O) groups is 1. The van der Waals surface area contributed by atoms with Crippen molar-refractivity contribution < 1.29 is 9.53 Å². The first-order chi connectivity index (χ1) is 14.3. The molecule has 158 valence electrons. The summed E-state index contributed by atoms with van der Waals surface area (Å²) in [7, 11) is 0. The van der Waals surface area contributed by atoms with E-state index in [1.165, 1.54) is 5.56 Å². The highest BCUT2D eigenvalue weighted by Crippen LogP contribution is 2.24. The topological polar surface area (TPSA) is 59.4 Å². The Morgan fingerprint density at radius 1 is 1.20 bits per heavy atom. The summed E-state index contributed by atoms with van der Waals surface area (Å²) in [6, 6.07) is 16.6. The van der Waals surface area contributed by atoms with Crippen LogP contribution in [0.2, 0.25) is 0 Å². The van der Waals surface area contributed by atoms with Crippen molar-refractivity contribution in [2.75, 3.05) is 18.4 Å². The number of rotatable bonds is 4. The number of hydrogen-bond acceptors (Lipinski definition) is 4. The third-order valence-electron chi connectivity index (χ3n) is 5.08. The fraction of sp³-hybridized carbons (Fsp3) is 0.391. The van der Waals surface area contributed by atoms with Gasteiger partial charge in [-0.3, -0.25) is 0 Å². The number of nitrogens with zero attached hydrogens (tertiary/aromatic N) is 3. The lowest BCUT2D eigenvalue weighted by Gasteiger charge is -2.24. The SMILES string of the molecule is CC(C)(C)OC(=O)N1CC[C@H](Nc2nc3ccccc3n2Cc2ccc(Br)cc2)C1. The van der Waals surface area contributed by atoms with Gasteiger partial charge in [0.05, 0.1) is 17.6 Å². The number of aromatic nitrogens is 2. The van der Waals surface area contributed by atoms with Crippen molar-refractivity contribution in [2.24, 2.45) is 0 Å². The van der Waals surface area contributed by atoms with Crippen LogP contribution < -0.4 is 5.32 Å². The summed E-state index contributed by atoms with van der Waals surface area (Å²) in [4.78, 5) is 19.0. The van der Waals surface area contributed by atoms with Gasteiger partial charge in [-0.05, 0) is 57.0 Å². The molecule has 0 radical (unpaired) electrons. The van der Waals surface area contributed by atoms with Crippen molar-refractivity contribution in [2.45, 2.75) is 45.4 Å². The summed E-state index contributed by atoms with van der Waals surface area (Å²) in [5, 5.41) is 3.57. The van der Waals surface area contributed by atoms with Crippen LogP contribution in [0.4, 0.5) is 10.7 Å². The molecule has 1 amide bonds. The van der Waals surface area contributed by atoms with E-state index in [0.29, 0.717) is 13.1 Å². The molecule has 2 aromatic carbocycles. The monoisotopic (exact) mass is 470 g/mol. The van der Waals surface area contributed by atoms with Gasteiger partial charge in [0.15, 0.2) is 0 Å². The number of anilines is 1. The lowest BCUT2D eigenvalue weighted by atomic mass is 10.2. The highest BCUT2D eigenvalue weighted by atomic mass is 79.9. The van der Waals surface area contributed by atoms with Crippen LogP contribution in [0.3, 0.4) is 0 Å². The molecular weight excluding hydrogens is 444 g/mol. The first-order valence-electron chi connectivity index (χ1n) is 10.2. The predicted molar refractivity (Wildman–Crippen MR) is 123 cm³/mol. The number of nitrogens with one attached hydrogen (secondary N) is 1. The zero-order valence-electron chi connectivity index (χ0n) is 17.6. The van der Waals surface area contributed by atoms with Gasteiger partial charge >= 0.3 is 6.09 Å². The molecule has 0 unspecified atom stereocenters. The Morgan fingerprint density at radius 2 is 1.93 bits per heavy atom. The third-order valence-corrected chi connectivity index (χ3v) is 5.61. The Hall–Kier alpha value is -2.54. The third kappa shape index (κ3) is 4.78. The van der Waals surface area contributed by atoms with Gasteiger partial charge in [0.25, 0.3) is 0 Å².